The van der Waals surface area contributed by atoms with Gasteiger partial charge in [0, 0.05) is 23.2 Å². The van der Waals surface area contributed by atoms with Gasteiger partial charge >= 0.3 is 0 Å². The average molecular weight is 270 g/mol. The second-order valence-electron chi connectivity index (χ2n) is 5.26. The molecule has 0 N–H and O–H groups in total. The molecule has 2 aromatic carbocycles. The number of nitrogens with zero attached hydrogens (tertiary/aromatic N) is 2. The van der Waals surface area contributed by atoms with Gasteiger partial charge in [-0.15, -0.1) is 0 Å². The topological polar surface area (TPSA) is 25.8 Å². The number of hydrogen-bond acceptors (Lipinski definition) is 2. The van der Waals surface area contributed by atoms with Gasteiger partial charge in [0.25, 0.3) is 0 Å². The molecule has 0 saturated heterocycles. The summed E-state index contributed by atoms with van der Waals surface area (Å²) in [6, 6.07) is 19.0. The van der Waals surface area contributed by atoms with E-state index in [1.807, 2.05) is 18.5 Å². The number of aryl methyl sites for hydroxylation is 1. The summed E-state index contributed by atoms with van der Waals surface area (Å²) in [7, 11) is 0. The van der Waals surface area contributed by atoms with Gasteiger partial charge < -0.3 is 0 Å². The van der Waals surface area contributed by atoms with Crippen LogP contribution in [0.5, 0.6) is 0 Å². The lowest BCUT2D eigenvalue weighted by Gasteiger charge is -2.08. The van der Waals surface area contributed by atoms with Crippen molar-refractivity contribution in [3.8, 4) is 11.1 Å². The van der Waals surface area contributed by atoms with Crippen molar-refractivity contribution in [3.63, 3.8) is 0 Å². The summed E-state index contributed by atoms with van der Waals surface area (Å²) >= 11 is 0. The predicted molar refractivity (Wildman–Crippen MR) is 87.2 cm³/mol. The fraction of sp³-hybridized carbons (Fsp3) is 0.0526. The zero-order valence-corrected chi connectivity index (χ0v) is 11.7. The third-order valence-corrected chi connectivity index (χ3v) is 3.85. The van der Waals surface area contributed by atoms with Crippen LogP contribution < -0.4 is 0 Å². The first-order chi connectivity index (χ1) is 10.3. The fourth-order valence-corrected chi connectivity index (χ4v) is 2.74. The molecule has 2 heteroatoms. The van der Waals surface area contributed by atoms with E-state index in [0.29, 0.717) is 0 Å². The van der Waals surface area contributed by atoms with Gasteiger partial charge in [0.2, 0.25) is 0 Å². The molecule has 4 rings (SSSR count). The SMILES string of the molecule is Cc1ccc(-c2ccnc3c2ccc2cccnc23)cc1. The first kappa shape index (κ1) is 12.0. The number of fused-ring (bicyclic) bond motifs is 3. The molecule has 100 valence electrons. The minimum atomic E-state index is 0.962. The van der Waals surface area contributed by atoms with Crippen molar-refractivity contribution < 1.29 is 0 Å². The van der Waals surface area contributed by atoms with Crippen LogP contribution in [-0.2, 0) is 0 Å². The van der Waals surface area contributed by atoms with Gasteiger partial charge in [-0.05, 0) is 30.2 Å². The molecule has 0 fully saturated rings. The lowest BCUT2D eigenvalue weighted by molar-refractivity contribution is 1.37. The van der Waals surface area contributed by atoms with Crippen LogP contribution in [-0.4, -0.2) is 9.97 Å². The molecule has 0 radical (unpaired) electrons. The first-order valence-electron chi connectivity index (χ1n) is 7.02. The van der Waals surface area contributed by atoms with E-state index < -0.39 is 0 Å². The minimum Gasteiger partial charge on any atom is -0.254 e. The third-order valence-electron chi connectivity index (χ3n) is 3.85. The van der Waals surface area contributed by atoms with Gasteiger partial charge in [0.15, 0.2) is 0 Å². The van der Waals surface area contributed by atoms with Crippen molar-refractivity contribution in [3.05, 3.63) is 72.6 Å². The summed E-state index contributed by atoms with van der Waals surface area (Å²) < 4.78 is 0. The number of pyridine rings is 2. The molecule has 0 aliphatic heterocycles. The highest BCUT2D eigenvalue weighted by Crippen LogP contribution is 2.30. The van der Waals surface area contributed by atoms with Crippen LogP contribution in [0.25, 0.3) is 32.9 Å². The first-order valence-corrected chi connectivity index (χ1v) is 7.02. The zero-order chi connectivity index (χ0) is 14.2. The summed E-state index contributed by atoms with van der Waals surface area (Å²) in [5, 5.41) is 2.27. The summed E-state index contributed by atoms with van der Waals surface area (Å²) in [6.45, 7) is 2.10. The van der Waals surface area contributed by atoms with E-state index in [9.17, 15) is 0 Å². The maximum absolute atomic E-state index is 4.55. The van der Waals surface area contributed by atoms with Gasteiger partial charge in [-0.3, -0.25) is 9.97 Å². The Morgan fingerprint density at radius 1 is 0.714 bits per heavy atom. The molecule has 0 amide bonds. The van der Waals surface area contributed by atoms with E-state index in [2.05, 4.69) is 65.4 Å². The molecule has 0 aliphatic carbocycles. The molecule has 0 saturated carbocycles. The van der Waals surface area contributed by atoms with Gasteiger partial charge in [-0.2, -0.15) is 0 Å². The summed E-state index contributed by atoms with van der Waals surface area (Å²) in [4.78, 5) is 9.05. The van der Waals surface area contributed by atoms with Gasteiger partial charge in [0.1, 0.15) is 0 Å². The van der Waals surface area contributed by atoms with Crippen LogP contribution in [0.15, 0.2) is 67.0 Å². The highest BCUT2D eigenvalue weighted by molar-refractivity contribution is 6.07. The molecule has 2 nitrogen and oxygen atoms in total. The largest absolute Gasteiger partial charge is 0.254 e. The Labute approximate surface area is 123 Å². The fourth-order valence-electron chi connectivity index (χ4n) is 2.74. The normalized spacial score (nSPS) is 11.1. The molecule has 2 aromatic heterocycles. The summed E-state index contributed by atoms with van der Waals surface area (Å²) in [5.41, 5.74) is 5.61. The van der Waals surface area contributed by atoms with Crippen molar-refractivity contribution in [1.29, 1.82) is 0 Å². The maximum atomic E-state index is 4.55. The van der Waals surface area contributed by atoms with Crippen LogP contribution in [0, 0.1) is 6.92 Å². The van der Waals surface area contributed by atoms with Gasteiger partial charge in [-0.1, -0.05) is 48.0 Å². The quantitative estimate of drug-likeness (QED) is 0.466. The van der Waals surface area contributed by atoms with Crippen molar-refractivity contribution in [1.82, 2.24) is 9.97 Å². The average Bonchev–Trinajstić information content (AvgIpc) is 2.55. The van der Waals surface area contributed by atoms with Crippen LogP contribution in [0.1, 0.15) is 5.56 Å². The second kappa shape index (κ2) is 4.67. The molecule has 0 unspecified atom stereocenters. The van der Waals surface area contributed by atoms with Gasteiger partial charge in [0.05, 0.1) is 11.0 Å². The predicted octanol–water partition coefficient (Wildman–Crippen LogP) is 4.76. The van der Waals surface area contributed by atoms with Crippen molar-refractivity contribution in [2.45, 2.75) is 6.92 Å². The number of benzene rings is 2. The Kier molecular flexibility index (Phi) is 2.68. The van der Waals surface area contributed by atoms with E-state index in [-0.39, 0.29) is 0 Å². The van der Waals surface area contributed by atoms with Crippen molar-refractivity contribution in [2.24, 2.45) is 0 Å². The molecular formula is C19H14N2. The second-order valence-corrected chi connectivity index (χ2v) is 5.26. The van der Waals surface area contributed by atoms with Crippen molar-refractivity contribution in [2.75, 3.05) is 0 Å². The zero-order valence-electron chi connectivity index (χ0n) is 11.7. The number of aromatic nitrogens is 2. The van der Waals surface area contributed by atoms with E-state index >= 15 is 0 Å². The molecule has 21 heavy (non-hydrogen) atoms. The Bertz CT molecular complexity index is 940. The number of hydrogen-bond donors (Lipinski definition) is 0. The monoisotopic (exact) mass is 270 g/mol. The highest BCUT2D eigenvalue weighted by atomic mass is 14.7. The lowest BCUT2D eigenvalue weighted by atomic mass is 9.99. The molecule has 0 aliphatic rings. The summed E-state index contributed by atoms with van der Waals surface area (Å²) in [5.74, 6) is 0. The molecule has 0 spiro atoms. The van der Waals surface area contributed by atoms with E-state index in [1.165, 1.54) is 16.7 Å². The minimum absolute atomic E-state index is 0.962. The Balaban J connectivity index is 2.06. The number of rotatable bonds is 1. The standard InChI is InChI=1S/C19H14N2/c1-13-4-6-14(7-5-13)16-10-12-21-19-17(16)9-8-15-3-2-11-20-18(15)19/h2-12H,1H3. The molecule has 0 atom stereocenters. The van der Waals surface area contributed by atoms with Crippen molar-refractivity contribution >= 4 is 21.8 Å². The van der Waals surface area contributed by atoms with E-state index in [4.69, 9.17) is 0 Å². The van der Waals surface area contributed by atoms with Crippen LogP contribution in [0.2, 0.25) is 0 Å². The molecule has 2 heterocycles. The highest BCUT2D eigenvalue weighted by Gasteiger charge is 2.08. The molecular weight excluding hydrogens is 256 g/mol. The third kappa shape index (κ3) is 1.96. The van der Waals surface area contributed by atoms with Gasteiger partial charge in [-0.25, -0.2) is 0 Å². The van der Waals surface area contributed by atoms with Crippen LogP contribution >= 0.6 is 0 Å². The molecule has 0 bridgehead atoms. The Hall–Kier alpha value is -2.74. The maximum Gasteiger partial charge on any atom is 0.0970 e. The van der Waals surface area contributed by atoms with Crippen LogP contribution in [0.4, 0.5) is 0 Å². The molecule has 4 aromatic rings. The Morgan fingerprint density at radius 2 is 1.52 bits per heavy atom. The van der Waals surface area contributed by atoms with E-state index in [1.54, 1.807) is 0 Å². The summed E-state index contributed by atoms with van der Waals surface area (Å²) in [6.07, 6.45) is 3.69. The van der Waals surface area contributed by atoms with Crippen LogP contribution in [0.3, 0.4) is 0 Å². The lowest BCUT2D eigenvalue weighted by Crippen LogP contribution is -1.88. The smallest absolute Gasteiger partial charge is 0.0970 e. The van der Waals surface area contributed by atoms with E-state index in [0.717, 1.165) is 21.8 Å². The Morgan fingerprint density at radius 3 is 2.38 bits per heavy atom.